The minimum Gasteiger partial charge on any atom is -0.378 e. The fourth-order valence-electron chi connectivity index (χ4n) is 4.03. The van der Waals surface area contributed by atoms with Gasteiger partial charge in [-0.15, -0.1) is 0 Å². The Hall–Kier alpha value is -3.22. The lowest BCUT2D eigenvalue weighted by Crippen LogP contribution is -2.49. The van der Waals surface area contributed by atoms with Gasteiger partial charge < -0.3 is 11.1 Å². The maximum Gasteiger partial charge on any atom is 0.258 e. The van der Waals surface area contributed by atoms with Gasteiger partial charge in [0.05, 0.1) is 6.04 Å². The number of rotatable bonds is 3. The number of likely N-dealkylation sites (N-methyl/N-ethyl adjacent to an activating group) is 1. The number of nitrogens with two attached hydrogens (primary N) is 1. The average molecular weight is 396 g/mol. The molecule has 29 heavy (non-hydrogen) atoms. The van der Waals surface area contributed by atoms with E-state index < -0.39 is 17.3 Å². The van der Waals surface area contributed by atoms with Crippen molar-refractivity contribution in [2.24, 2.45) is 10.7 Å². The summed E-state index contributed by atoms with van der Waals surface area (Å²) in [5.41, 5.74) is 7.62. The molecule has 1 heterocycles. The summed E-state index contributed by atoms with van der Waals surface area (Å²) in [6.45, 7) is 5.47. The van der Waals surface area contributed by atoms with Gasteiger partial charge in [0.15, 0.2) is 5.96 Å². The summed E-state index contributed by atoms with van der Waals surface area (Å²) in [7, 11) is 1.50. The smallest absolute Gasteiger partial charge is 0.258 e. The van der Waals surface area contributed by atoms with Crippen LogP contribution in [0.25, 0.3) is 0 Å². The number of carbonyl (C=O) groups is 1. The second-order valence-electron chi connectivity index (χ2n) is 7.66. The molecule has 2 aromatic carbocycles. The fourth-order valence-corrected chi connectivity index (χ4v) is 4.03. The Morgan fingerprint density at radius 1 is 1.28 bits per heavy atom. The summed E-state index contributed by atoms with van der Waals surface area (Å²) >= 11 is 0. The van der Waals surface area contributed by atoms with Crippen molar-refractivity contribution in [1.29, 1.82) is 0 Å². The van der Waals surface area contributed by atoms with Crippen molar-refractivity contribution in [1.82, 2.24) is 4.90 Å². The van der Waals surface area contributed by atoms with Crippen LogP contribution in [-0.4, -0.2) is 23.8 Å². The molecule has 2 aromatic rings. The molecule has 0 aromatic heterocycles. The molecule has 1 aliphatic carbocycles. The number of guanidine groups is 1. The fraction of sp³-hybridized carbons (Fsp3) is 0.273. The third-order valence-corrected chi connectivity index (χ3v) is 5.85. The van der Waals surface area contributed by atoms with Gasteiger partial charge in [-0.3, -0.25) is 9.69 Å². The number of benzene rings is 2. The molecular formula is C22H22F2N4O. The third kappa shape index (κ3) is 3.06. The number of carbonyl (C=O) groups excluding carboxylic acids is 1. The van der Waals surface area contributed by atoms with E-state index in [1.54, 1.807) is 31.2 Å². The minimum absolute atomic E-state index is 0.00684. The first-order valence-electron chi connectivity index (χ1n) is 9.38. The number of nitrogens with zero attached hydrogens (tertiary/aromatic N) is 2. The summed E-state index contributed by atoms with van der Waals surface area (Å²) in [5, 5.41) is 3.39. The van der Waals surface area contributed by atoms with Gasteiger partial charge in [0.2, 0.25) is 0 Å². The molecule has 2 atom stereocenters. The molecule has 150 valence electrons. The first-order chi connectivity index (χ1) is 13.7. The molecule has 1 amide bonds. The Balaban J connectivity index is 1.70. The van der Waals surface area contributed by atoms with Crippen LogP contribution in [0, 0.1) is 11.6 Å². The Morgan fingerprint density at radius 3 is 2.79 bits per heavy atom. The largest absolute Gasteiger partial charge is 0.378 e. The molecule has 0 bridgehead atoms. The van der Waals surface area contributed by atoms with E-state index in [0.717, 1.165) is 24.0 Å². The molecule has 0 radical (unpaired) electrons. The molecule has 2 aliphatic rings. The highest BCUT2D eigenvalue weighted by Gasteiger charge is 2.42. The monoisotopic (exact) mass is 396 g/mol. The lowest BCUT2D eigenvalue weighted by Gasteiger charge is -2.35. The van der Waals surface area contributed by atoms with Gasteiger partial charge in [-0.2, -0.15) is 0 Å². The molecule has 0 saturated heterocycles. The SMILES string of the molecule is C=C1C(=O)N(C)C(N)=N[C@]1(C)c1cc(NC2CCc3cc(F)ccc32)ccc1F. The van der Waals surface area contributed by atoms with Crippen molar-refractivity contribution in [2.45, 2.75) is 31.3 Å². The topological polar surface area (TPSA) is 70.7 Å². The van der Waals surface area contributed by atoms with Crippen LogP contribution in [0.1, 0.15) is 36.1 Å². The third-order valence-electron chi connectivity index (χ3n) is 5.85. The Kier molecular flexibility index (Phi) is 4.41. The second-order valence-corrected chi connectivity index (χ2v) is 7.66. The molecule has 3 N–H and O–H groups in total. The standard InChI is InChI=1S/C22H22F2N4O/c1-12-20(29)28(3)21(25)27-22(12,2)17-11-15(6-8-18(17)24)26-19-9-4-13-10-14(23)5-7-16(13)19/h5-8,10-11,19,26H,1,4,9H2,2-3H3,(H2,25,27)/t19?,22-/m0/s1. The predicted molar refractivity (Wildman–Crippen MR) is 108 cm³/mol. The quantitative estimate of drug-likeness (QED) is 0.779. The highest BCUT2D eigenvalue weighted by molar-refractivity contribution is 6.08. The number of amides is 1. The van der Waals surface area contributed by atoms with Crippen LogP contribution in [-0.2, 0) is 16.8 Å². The van der Waals surface area contributed by atoms with Crippen molar-refractivity contribution < 1.29 is 13.6 Å². The number of hydrogen-bond acceptors (Lipinski definition) is 4. The summed E-state index contributed by atoms with van der Waals surface area (Å²) in [4.78, 5) is 18.0. The number of aliphatic imine (C=N–C) groups is 1. The van der Waals surface area contributed by atoms with E-state index in [0.29, 0.717) is 5.69 Å². The number of anilines is 1. The predicted octanol–water partition coefficient (Wildman–Crippen LogP) is 3.62. The average Bonchev–Trinajstić information content (AvgIpc) is 3.08. The number of hydrogen-bond donors (Lipinski definition) is 2. The van der Waals surface area contributed by atoms with Gasteiger partial charge in [0.1, 0.15) is 17.2 Å². The van der Waals surface area contributed by atoms with E-state index in [2.05, 4.69) is 16.9 Å². The van der Waals surface area contributed by atoms with Gasteiger partial charge in [0, 0.05) is 23.9 Å². The van der Waals surface area contributed by atoms with Crippen LogP contribution in [0.15, 0.2) is 53.5 Å². The molecule has 4 rings (SSSR count). The van der Waals surface area contributed by atoms with Crippen molar-refractivity contribution in [3.63, 3.8) is 0 Å². The van der Waals surface area contributed by atoms with Crippen LogP contribution < -0.4 is 11.1 Å². The molecule has 5 nitrogen and oxygen atoms in total. The molecule has 7 heteroatoms. The van der Waals surface area contributed by atoms with E-state index >= 15 is 0 Å². The maximum absolute atomic E-state index is 14.8. The second kappa shape index (κ2) is 6.69. The molecule has 0 spiro atoms. The number of fused-ring (bicyclic) bond motifs is 1. The van der Waals surface area contributed by atoms with Crippen LogP contribution in [0.2, 0.25) is 0 Å². The molecular weight excluding hydrogens is 374 g/mol. The lowest BCUT2D eigenvalue weighted by atomic mass is 9.83. The van der Waals surface area contributed by atoms with Crippen molar-refractivity contribution in [3.8, 4) is 0 Å². The van der Waals surface area contributed by atoms with Crippen LogP contribution in [0.3, 0.4) is 0 Å². The minimum atomic E-state index is -1.30. The lowest BCUT2D eigenvalue weighted by molar-refractivity contribution is -0.123. The zero-order chi connectivity index (χ0) is 20.9. The Bertz CT molecular complexity index is 1060. The van der Waals surface area contributed by atoms with E-state index in [-0.39, 0.29) is 29.0 Å². The van der Waals surface area contributed by atoms with Gasteiger partial charge in [-0.1, -0.05) is 12.6 Å². The highest BCUT2D eigenvalue weighted by Crippen LogP contribution is 2.40. The Labute approximate surface area is 167 Å². The van der Waals surface area contributed by atoms with Gasteiger partial charge in [-0.05, 0) is 61.2 Å². The van der Waals surface area contributed by atoms with Crippen molar-refractivity contribution in [2.75, 3.05) is 12.4 Å². The summed E-state index contributed by atoms with van der Waals surface area (Å²) < 4.78 is 28.2. The molecule has 0 fully saturated rings. The first kappa shape index (κ1) is 19.1. The van der Waals surface area contributed by atoms with Gasteiger partial charge in [-0.25, -0.2) is 13.8 Å². The zero-order valence-electron chi connectivity index (χ0n) is 16.3. The van der Waals surface area contributed by atoms with Gasteiger partial charge in [0.25, 0.3) is 5.91 Å². The zero-order valence-corrected chi connectivity index (χ0v) is 16.3. The van der Waals surface area contributed by atoms with Crippen molar-refractivity contribution in [3.05, 3.63) is 76.9 Å². The Morgan fingerprint density at radius 2 is 2.03 bits per heavy atom. The first-order valence-corrected chi connectivity index (χ1v) is 9.38. The van der Waals surface area contributed by atoms with Crippen LogP contribution >= 0.6 is 0 Å². The number of aryl methyl sites for hydroxylation is 1. The number of nitrogens with one attached hydrogen (secondary N) is 1. The normalized spacial score (nSPS) is 23.8. The van der Waals surface area contributed by atoms with E-state index in [4.69, 9.17) is 5.73 Å². The maximum atomic E-state index is 14.8. The summed E-state index contributed by atoms with van der Waals surface area (Å²) in [6.07, 6.45) is 1.58. The van der Waals surface area contributed by atoms with Crippen LogP contribution in [0.5, 0.6) is 0 Å². The molecule has 1 unspecified atom stereocenters. The van der Waals surface area contributed by atoms with Crippen LogP contribution in [0.4, 0.5) is 14.5 Å². The molecule has 0 saturated carbocycles. The summed E-state index contributed by atoms with van der Waals surface area (Å²) in [6, 6.07) is 9.39. The molecule has 1 aliphatic heterocycles. The summed E-state index contributed by atoms with van der Waals surface area (Å²) in [5.74, 6) is -1.14. The van der Waals surface area contributed by atoms with E-state index in [9.17, 15) is 13.6 Å². The number of halogens is 2. The van der Waals surface area contributed by atoms with E-state index in [1.165, 1.54) is 24.1 Å². The van der Waals surface area contributed by atoms with Gasteiger partial charge >= 0.3 is 0 Å². The highest BCUT2D eigenvalue weighted by atomic mass is 19.1. The van der Waals surface area contributed by atoms with E-state index in [1.807, 2.05) is 0 Å². The van der Waals surface area contributed by atoms with Crippen molar-refractivity contribution >= 4 is 17.6 Å².